The summed E-state index contributed by atoms with van der Waals surface area (Å²) in [5, 5.41) is 10.8. The van der Waals surface area contributed by atoms with Crippen molar-refractivity contribution in [2.45, 2.75) is 32.4 Å². The molecule has 0 spiro atoms. The molecule has 0 radical (unpaired) electrons. The second-order valence-corrected chi connectivity index (χ2v) is 5.15. The summed E-state index contributed by atoms with van der Waals surface area (Å²) in [7, 11) is 0. The van der Waals surface area contributed by atoms with Gasteiger partial charge in [0.25, 0.3) is 5.69 Å². The number of carbonyl (C=O) groups excluding carboxylic acids is 1. The van der Waals surface area contributed by atoms with Crippen molar-refractivity contribution in [3.63, 3.8) is 0 Å². The molecule has 2 atom stereocenters. The molecule has 132 valence electrons. The average molecular weight is 348 g/mol. The molecule has 0 aliphatic carbocycles. The van der Waals surface area contributed by atoms with Gasteiger partial charge in [-0.15, -0.1) is 0 Å². The fourth-order valence-corrected chi connectivity index (χ4v) is 2.43. The number of benzene rings is 1. The minimum Gasteiger partial charge on any atom is -0.464 e. The second-order valence-electron chi connectivity index (χ2n) is 5.15. The Hall–Kier alpha value is -2.36. The van der Waals surface area contributed by atoms with Crippen molar-refractivity contribution in [1.82, 2.24) is 0 Å². The summed E-state index contributed by atoms with van der Waals surface area (Å²) < 4.78 is 49.1. The van der Waals surface area contributed by atoms with Gasteiger partial charge in [0.15, 0.2) is 6.10 Å². The van der Waals surface area contributed by atoms with E-state index in [1.807, 2.05) is 0 Å². The Labute approximate surface area is 135 Å². The highest BCUT2D eigenvalue weighted by molar-refractivity contribution is 5.76. The molecule has 1 aromatic carbocycles. The fraction of sp³-hybridized carbons (Fsp3) is 0.500. The van der Waals surface area contributed by atoms with E-state index in [1.165, 1.54) is 26.0 Å². The lowest BCUT2D eigenvalue weighted by Crippen LogP contribution is -2.42. The van der Waals surface area contributed by atoms with Crippen LogP contribution in [0.25, 0.3) is 0 Å². The van der Waals surface area contributed by atoms with Gasteiger partial charge in [-0.2, -0.15) is 13.2 Å². The Balaban J connectivity index is 2.33. The van der Waals surface area contributed by atoms with Gasteiger partial charge in [0, 0.05) is 17.3 Å². The molecule has 1 heterocycles. The number of ether oxygens (including phenoxy) is 2. The lowest BCUT2D eigenvalue weighted by Gasteiger charge is -2.26. The van der Waals surface area contributed by atoms with Crippen LogP contribution in [0.4, 0.5) is 24.5 Å². The number of carbonyl (C=O) groups is 1. The van der Waals surface area contributed by atoms with Gasteiger partial charge in [-0.3, -0.25) is 10.1 Å². The largest absolute Gasteiger partial charge is 0.464 e. The zero-order valence-corrected chi connectivity index (χ0v) is 12.9. The van der Waals surface area contributed by atoms with Crippen molar-refractivity contribution >= 4 is 17.3 Å². The number of hydrogen-bond acceptors (Lipinski definition) is 6. The van der Waals surface area contributed by atoms with Gasteiger partial charge in [0.2, 0.25) is 6.23 Å². The van der Waals surface area contributed by atoms with E-state index in [1.54, 1.807) is 0 Å². The van der Waals surface area contributed by atoms with Gasteiger partial charge in [0.1, 0.15) is 0 Å². The van der Waals surface area contributed by atoms with Crippen molar-refractivity contribution in [3.8, 4) is 0 Å². The van der Waals surface area contributed by atoms with Crippen molar-refractivity contribution in [2.75, 3.05) is 18.1 Å². The number of nitro benzene ring substituents is 1. The van der Waals surface area contributed by atoms with Crippen LogP contribution >= 0.6 is 0 Å². The van der Waals surface area contributed by atoms with Crippen LogP contribution in [0.1, 0.15) is 12.5 Å². The SMILES string of the molecule is CCOC(=O)[C@@H]1CN(c2ccc([N+](=O)[O-])c(C)c2)[C@@H](C(F)(F)F)O1. The third kappa shape index (κ3) is 3.58. The summed E-state index contributed by atoms with van der Waals surface area (Å²) >= 11 is 0. The molecule has 1 aliphatic rings. The van der Waals surface area contributed by atoms with Crippen molar-refractivity contribution in [2.24, 2.45) is 0 Å². The first-order chi connectivity index (χ1) is 11.1. The van der Waals surface area contributed by atoms with Gasteiger partial charge in [-0.05, 0) is 26.0 Å². The van der Waals surface area contributed by atoms with E-state index < -0.39 is 29.4 Å². The molecule has 0 unspecified atom stereocenters. The monoisotopic (exact) mass is 348 g/mol. The molecule has 2 rings (SSSR count). The second kappa shape index (κ2) is 6.63. The van der Waals surface area contributed by atoms with E-state index in [4.69, 9.17) is 9.47 Å². The van der Waals surface area contributed by atoms with Gasteiger partial charge >= 0.3 is 12.1 Å². The molecule has 1 saturated heterocycles. The summed E-state index contributed by atoms with van der Waals surface area (Å²) in [6.45, 7) is 2.61. The van der Waals surface area contributed by atoms with Crippen LogP contribution < -0.4 is 4.90 Å². The molecule has 10 heteroatoms. The molecule has 1 aromatic rings. The molecule has 7 nitrogen and oxygen atoms in total. The van der Waals surface area contributed by atoms with Crippen LogP contribution in [0, 0.1) is 17.0 Å². The van der Waals surface area contributed by atoms with E-state index >= 15 is 0 Å². The molecular weight excluding hydrogens is 333 g/mol. The van der Waals surface area contributed by atoms with E-state index in [2.05, 4.69) is 0 Å². The predicted molar refractivity (Wildman–Crippen MR) is 76.5 cm³/mol. The lowest BCUT2D eigenvalue weighted by molar-refractivity contribution is -0.385. The molecule has 1 fully saturated rings. The topological polar surface area (TPSA) is 81.9 Å². The number of rotatable bonds is 4. The molecule has 1 aliphatic heterocycles. The Bertz CT molecular complexity index is 650. The number of esters is 1. The Morgan fingerprint density at radius 2 is 2.17 bits per heavy atom. The number of aryl methyl sites for hydroxylation is 1. The molecule has 0 bridgehead atoms. The highest BCUT2D eigenvalue weighted by atomic mass is 19.4. The number of nitrogens with zero attached hydrogens (tertiary/aromatic N) is 2. The summed E-state index contributed by atoms with van der Waals surface area (Å²) in [4.78, 5) is 22.7. The number of halogens is 3. The quantitative estimate of drug-likeness (QED) is 0.472. The minimum absolute atomic E-state index is 0.0199. The van der Waals surface area contributed by atoms with Gasteiger partial charge in [0.05, 0.1) is 18.1 Å². The smallest absolute Gasteiger partial charge is 0.433 e. The third-order valence-electron chi connectivity index (χ3n) is 3.48. The summed E-state index contributed by atoms with van der Waals surface area (Å²) in [5.74, 6) is -0.882. The normalized spacial score (nSPS) is 21.0. The average Bonchev–Trinajstić information content (AvgIpc) is 2.92. The minimum atomic E-state index is -4.74. The number of anilines is 1. The van der Waals surface area contributed by atoms with Crippen molar-refractivity contribution in [3.05, 3.63) is 33.9 Å². The lowest BCUT2D eigenvalue weighted by atomic mass is 10.1. The Kier molecular flexibility index (Phi) is 4.97. The number of hydrogen-bond donors (Lipinski definition) is 0. The molecule has 24 heavy (non-hydrogen) atoms. The van der Waals surface area contributed by atoms with Crippen molar-refractivity contribution in [1.29, 1.82) is 0 Å². The fourth-order valence-electron chi connectivity index (χ4n) is 2.43. The first-order valence-electron chi connectivity index (χ1n) is 7.05. The summed E-state index contributed by atoms with van der Waals surface area (Å²) in [5.41, 5.74) is 0.0783. The van der Waals surface area contributed by atoms with Crippen LogP contribution in [-0.2, 0) is 14.3 Å². The maximum absolute atomic E-state index is 13.2. The highest BCUT2D eigenvalue weighted by Gasteiger charge is 2.52. The maximum Gasteiger partial charge on any atom is 0.433 e. The van der Waals surface area contributed by atoms with Crippen molar-refractivity contribution < 1.29 is 32.4 Å². The zero-order valence-electron chi connectivity index (χ0n) is 12.9. The van der Waals surface area contributed by atoms with Gasteiger partial charge in [-0.1, -0.05) is 0 Å². The van der Waals surface area contributed by atoms with Crippen LogP contribution in [0.5, 0.6) is 0 Å². The highest BCUT2D eigenvalue weighted by Crippen LogP contribution is 2.36. The molecule has 0 saturated carbocycles. The van der Waals surface area contributed by atoms with Gasteiger partial charge in [-0.25, -0.2) is 4.79 Å². The summed E-state index contributed by atoms with van der Waals surface area (Å²) in [6, 6.07) is 3.57. The molecular formula is C14H15F3N2O5. The zero-order chi connectivity index (χ0) is 18.1. The van der Waals surface area contributed by atoms with E-state index in [-0.39, 0.29) is 30.1 Å². The van der Waals surface area contributed by atoms with Crippen LogP contribution in [0.2, 0.25) is 0 Å². The van der Waals surface area contributed by atoms with Crippen LogP contribution in [0.3, 0.4) is 0 Å². The molecule has 0 amide bonds. The number of nitro groups is 1. The van der Waals surface area contributed by atoms with E-state index in [9.17, 15) is 28.1 Å². The first-order valence-corrected chi connectivity index (χ1v) is 7.05. The Morgan fingerprint density at radius 1 is 1.50 bits per heavy atom. The van der Waals surface area contributed by atoms with E-state index in [0.29, 0.717) is 0 Å². The third-order valence-corrected chi connectivity index (χ3v) is 3.48. The first kappa shape index (κ1) is 18.0. The standard InChI is InChI=1S/C14H15F3N2O5/c1-3-23-12(20)11-7-18(13(24-11)14(15,16)17)9-4-5-10(19(21)22)8(2)6-9/h4-6,11,13H,3,7H2,1-2H3/t11-,13+/m0/s1. The number of alkyl halides is 3. The Morgan fingerprint density at radius 3 is 2.67 bits per heavy atom. The molecule has 0 N–H and O–H groups in total. The maximum atomic E-state index is 13.2. The van der Waals surface area contributed by atoms with Crippen LogP contribution in [-0.4, -0.2) is 42.6 Å². The predicted octanol–water partition coefficient (Wildman–Crippen LogP) is 2.56. The molecule has 0 aromatic heterocycles. The van der Waals surface area contributed by atoms with E-state index in [0.717, 1.165) is 11.0 Å². The summed E-state index contributed by atoms with van der Waals surface area (Å²) in [6.07, 6.45) is -8.45. The van der Waals surface area contributed by atoms with Gasteiger partial charge < -0.3 is 14.4 Å². The van der Waals surface area contributed by atoms with Crippen LogP contribution in [0.15, 0.2) is 18.2 Å².